The van der Waals surface area contributed by atoms with Crippen LogP contribution in [0.25, 0.3) is 5.69 Å². The zero-order valence-electron chi connectivity index (χ0n) is 9.48. The summed E-state index contributed by atoms with van der Waals surface area (Å²) in [6.07, 6.45) is 1.70. The summed E-state index contributed by atoms with van der Waals surface area (Å²) in [6, 6.07) is 4.34. The van der Waals surface area contributed by atoms with Gasteiger partial charge in [0.25, 0.3) is 0 Å². The van der Waals surface area contributed by atoms with E-state index in [-0.39, 0.29) is 5.02 Å². The van der Waals surface area contributed by atoms with Crippen LogP contribution in [0.2, 0.25) is 5.02 Å². The Bertz CT molecular complexity index is 545. The monoisotopic (exact) mass is 254 g/mol. The molecule has 4 nitrogen and oxygen atoms in total. The highest BCUT2D eigenvalue weighted by Gasteiger charge is 2.18. The summed E-state index contributed by atoms with van der Waals surface area (Å²) < 4.78 is 14.5. The average Bonchev–Trinajstić information content (AvgIpc) is 2.70. The largest absolute Gasteiger partial charge is 0.320 e. The van der Waals surface area contributed by atoms with Crippen LogP contribution in [0.3, 0.4) is 0 Å². The van der Waals surface area contributed by atoms with Crippen LogP contribution < -0.4 is 5.73 Å². The summed E-state index contributed by atoms with van der Waals surface area (Å²) in [4.78, 5) is 0. The highest BCUT2D eigenvalue weighted by molar-refractivity contribution is 6.30. The zero-order chi connectivity index (χ0) is 12.6. The molecule has 0 saturated heterocycles. The summed E-state index contributed by atoms with van der Waals surface area (Å²) in [6.45, 7) is 3.66. The normalized spacial score (nSPS) is 11.8. The van der Waals surface area contributed by atoms with Gasteiger partial charge in [-0.05, 0) is 32.0 Å². The van der Waals surface area contributed by atoms with E-state index in [1.54, 1.807) is 12.3 Å². The lowest BCUT2D eigenvalue weighted by Crippen LogP contribution is -2.29. The lowest BCUT2D eigenvalue weighted by Gasteiger charge is -2.13. The van der Waals surface area contributed by atoms with Crippen molar-refractivity contribution < 1.29 is 4.39 Å². The molecule has 17 heavy (non-hydrogen) atoms. The van der Waals surface area contributed by atoms with E-state index < -0.39 is 11.4 Å². The molecule has 0 aliphatic heterocycles. The van der Waals surface area contributed by atoms with Gasteiger partial charge in [0.05, 0.1) is 22.4 Å². The molecule has 1 heterocycles. The Balaban J connectivity index is 2.40. The predicted octanol–water partition coefficient (Wildman–Crippen LogP) is 2.25. The molecular weight excluding hydrogens is 243 g/mol. The lowest BCUT2D eigenvalue weighted by atomic mass is 10.0. The molecule has 0 atom stereocenters. The summed E-state index contributed by atoms with van der Waals surface area (Å²) in [7, 11) is 0. The van der Waals surface area contributed by atoms with E-state index in [9.17, 15) is 4.39 Å². The summed E-state index contributed by atoms with van der Waals surface area (Å²) >= 11 is 5.70. The molecule has 2 aromatic rings. The SMILES string of the molecule is CC(C)(N)c1cn(-c2ccc(F)c(Cl)c2)nn1. The van der Waals surface area contributed by atoms with Crippen molar-refractivity contribution in [2.75, 3.05) is 0 Å². The molecule has 0 aliphatic rings. The van der Waals surface area contributed by atoms with Crippen LogP contribution in [0.5, 0.6) is 0 Å². The summed E-state index contributed by atoms with van der Waals surface area (Å²) in [5.74, 6) is -0.463. The average molecular weight is 255 g/mol. The van der Waals surface area contributed by atoms with Crippen molar-refractivity contribution in [3.05, 3.63) is 40.9 Å². The predicted molar refractivity (Wildman–Crippen MR) is 63.5 cm³/mol. The second-order valence-electron chi connectivity index (χ2n) is 4.37. The molecule has 1 aromatic carbocycles. The van der Waals surface area contributed by atoms with Crippen LogP contribution in [-0.4, -0.2) is 15.0 Å². The second-order valence-corrected chi connectivity index (χ2v) is 4.78. The van der Waals surface area contributed by atoms with Gasteiger partial charge < -0.3 is 5.73 Å². The molecule has 6 heteroatoms. The quantitative estimate of drug-likeness (QED) is 0.894. The van der Waals surface area contributed by atoms with Crippen LogP contribution in [0.1, 0.15) is 19.5 Å². The van der Waals surface area contributed by atoms with Crippen molar-refractivity contribution in [1.29, 1.82) is 0 Å². The van der Waals surface area contributed by atoms with Crippen LogP contribution in [0.15, 0.2) is 24.4 Å². The third-order valence-electron chi connectivity index (χ3n) is 2.32. The van der Waals surface area contributed by atoms with E-state index in [0.29, 0.717) is 11.4 Å². The molecule has 0 amide bonds. The first-order chi connectivity index (χ1) is 7.88. The van der Waals surface area contributed by atoms with E-state index in [1.165, 1.54) is 16.8 Å². The highest BCUT2D eigenvalue weighted by Crippen LogP contribution is 2.20. The van der Waals surface area contributed by atoms with Crippen molar-refractivity contribution in [2.24, 2.45) is 5.73 Å². The smallest absolute Gasteiger partial charge is 0.141 e. The fourth-order valence-corrected chi connectivity index (χ4v) is 1.49. The number of rotatable bonds is 2. The van der Waals surface area contributed by atoms with Crippen molar-refractivity contribution in [3.63, 3.8) is 0 Å². The first kappa shape index (κ1) is 12.0. The Labute approximate surface area is 103 Å². The van der Waals surface area contributed by atoms with Gasteiger partial charge in [-0.1, -0.05) is 16.8 Å². The number of hydrogen-bond acceptors (Lipinski definition) is 3. The molecule has 0 saturated carbocycles. The van der Waals surface area contributed by atoms with Crippen molar-refractivity contribution in [2.45, 2.75) is 19.4 Å². The molecule has 0 fully saturated rings. The van der Waals surface area contributed by atoms with Gasteiger partial charge in [0, 0.05) is 0 Å². The number of nitrogens with zero attached hydrogens (tertiary/aromatic N) is 3. The molecule has 0 radical (unpaired) electrons. The maximum absolute atomic E-state index is 13.0. The van der Waals surface area contributed by atoms with Gasteiger partial charge >= 0.3 is 0 Å². The number of benzene rings is 1. The van der Waals surface area contributed by atoms with Crippen molar-refractivity contribution >= 4 is 11.6 Å². The summed E-state index contributed by atoms with van der Waals surface area (Å²) in [5, 5.41) is 7.94. The standard InChI is InChI=1S/C11H12ClFN4/c1-11(2,14)10-6-17(16-15-10)7-3-4-9(13)8(12)5-7/h3-6H,14H2,1-2H3. The Morgan fingerprint density at radius 2 is 2.12 bits per heavy atom. The fraction of sp³-hybridized carbons (Fsp3) is 0.273. The molecule has 0 unspecified atom stereocenters. The molecule has 2 N–H and O–H groups in total. The van der Waals surface area contributed by atoms with E-state index >= 15 is 0 Å². The van der Waals surface area contributed by atoms with Gasteiger partial charge in [0.1, 0.15) is 11.5 Å². The Morgan fingerprint density at radius 1 is 1.41 bits per heavy atom. The number of halogens is 2. The van der Waals surface area contributed by atoms with Gasteiger partial charge in [0.15, 0.2) is 0 Å². The first-order valence-electron chi connectivity index (χ1n) is 5.05. The van der Waals surface area contributed by atoms with E-state index in [1.807, 2.05) is 13.8 Å². The number of nitrogens with two attached hydrogens (primary N) is 1. The molecule has 90 valence electrons. The Hall–Kier alpha value is -1.46. The van der Waals surface area contributed by atoms with E-state index in [0.717, 1.165) is 0 Å². The number of hydrogen-bond donors (Lipinski definition) is 1. The molecule has 1 aromatic heterocycles. The maximum Gasteiger partial charge on any atom is 0.141 e. The molecular formula is C11H12ClFN4. The topological polar surface area (TPSA) is 56.7 Å². The molecule has 0 spiro atoms. The van der Waals surface area contributed by atoms with Crippen molar-refractivity contribution in [3.8, 4) is 5.69 Å². The zero-order valence-corrected chi connectivity index (χ0v) is 10.2. The first-order valence-corrected chi connectivity index (χ1v) is 5.43. The van der Waals surface area contributed by atoms with Crippen LogP contribution in [-0.2, 0) is 5.54 Å². The minimum Gasteiger partial charge on any atom is -0.320 e. The van der Waals surface area contributed by atoms with Crippen molar-refractivity contribution in [1.82, 2.24) is 15.0 Å². The minimum absolute atomic E-state index is 0.0477. The van der Waals surface area contributed by atoms with Crippen LogP contribution >= 0.6 is 11.6 Å². The third-order valence-corrected chi connectivity index (χ3v) is 2.61. The lowest BCUT2D eigenvalue weighted by molar-refractivity contribution is 0.533. The van der Waals surface area contributed by atoms with Gasteiger partial charge in [0.2, 0.25) is 0 Å². The van der Waals surface area contributed by atoms with Gasteiger partial charge in [-0.2, -0.15) is 0 Å². The van der Waals surface area contributed by atoms with Crippen LogP contribution in [0.4, 0.5) is 4.39 Å². The van der Waals surface area contributed by atoms with Gasteiger partial charge in [-0.3, -0.25) is 0 Å². The minimum atomic E-state index is -0.567. The highest BCUT2D eigenvalue weighted by atomic mass is 35.5. The fourth-order valence-electron chi connectivity index (χ4n) is 1.31. The van der Waals surface area contributed by atoms with E-state index in [4.69, 9.17) is 17.3 Å². The summed E-state index contributed by atoms with van der Waals surface area (Å²) in [5.41, 5.74) is 6.62. The maximum atomic E-state index is 13.0. The van der Waals surface area contributed by atoms with Gasteiger partial charge in [-0.25, -0.2) is 9.07 Å². The third kappa shape index (κ3) is 2.45. The van der Waals surface area contributed by atoms with E-state index in [2.05, 4.69) is 10.3 Å². The Morgan fingerprint density at radius 3 is 2.65 bits per heavy atom. The molecule has 0 aliphatic carbocycles. The molecule has 2 rings (SSSR count). The van der Waals surface area contributed by atoms with Crippen LogP contribution in [0, 0.1) is 5.82 Å². The molecule has 0 bridgehead atoms. The second kappa shape index (κ2) is 4.09. The van der Waals surface area contributed by atoms with Gasteiger partial charge in [-0.15, -0.1) is 5.10 Å². The Kier molecular flexibility index (Phi) is 2.89. The number of aromatic nitrogens is 3.